The summed E-state index contributed by atoms with van der Waals surface area (Å²) in [5.74, 6) is -0.234. The predicted molar refractivity (Wildman–Crippen MR) is 123 cm³/mol. The summed E-state index contributed by atoms with van der Waals surface area (Å²) < 4.78 is 5.21. The summed E-state index contributed by atoms with van der Waals surface area (Å²) in [5, 5.41) is 0. The van der Waals surface area contributed by atoms with Crippen LogP contribution in [0, 0.1) is 0 Å². The highest BCUT2D eigenvalue weighted by Gasteiger charge is 2.30. The van der Waals surface area contributed by atoms with Crippen LogP contribution in [0.25, 0.3) is 0 Å². The van der Waals surface area contributed by atoms with Crippen LogP contribution < -0.4 is 9.80 Å². The van der Waals surface area contributed by atoms with Gasteiger partial charge in [-0.2, -0.15) is 0 Å². The van der Waals surface area contributed by atoms with Crippen molar-refractivity contribution in [2.45, 2.75) is 6.42 Å². The van der Waals surface area contributed by atoms with Crippen molar-refractivity contribution in [1.82, 2.24) is 0 Å². The van der Waals surface area contributed by atoms with Gasteiger partial charge in [-0.25, -0.2) is 4.79 Å². The smallest absolute Gasteiger partial charge is 0.338 e. The number of ether oxygens (including phenoxy) is 1. The highest BCUT2D eigenvalue weighted by molar-refractivity contribution is 6.02. The van der Waals surface area contributed by atoms with Gasteiger partial charge < -0.3 is 14.5 Å². The summed E-state index contributed by atoms with van der Waals surface area (Å²) >= 11 is 0. The first-order valence-corrected chi connectivity index (χ1v) is 10.4. The van der Waals surface area contributed by atoms with Crippen LogP contribution in [0.15, 0.2) is 97.1 Å². The number of rotatable bonds is 2. The van der Waals surface area contributed by atoms with E-state index in [4.69, 9.17) is 4.74 Å². The van der Waals surface area contributed by atoms with Gasteiger partial charge in [0.25, 0.3) is 0 Å². The SMILES string of the molecule is O=C1OCCc2cc(N3c4ccccc4N(c4ccccc4)c4ccccc43)ccc21. The normalized spacial score (nSPS) is 14.4. The first-order valence-electron chi connectivity index (χ1n) is 10.4. The monoisotopic (exact) mass is 404 g/mol. The lowest BCUT2D eigenvalue weighted by molar-refractivity contribution is 0.0480. The van der Waals surface area contributed by atoms with Gasteiger partial charge in [0, 0.05) is 17.8 Å². The van der Waals surface area contributed by atoms with Gasteiger partial charge in [0.15, 0.2) is 0 Å². The number of benzene rings is 4. The molecule has 0 saturated carbocycles. The molecule has 150 valence electrons. The second kappa shape index (κ2) is 7.03. The van der Waals surface area contributed by atoms with Crippen LogP contribution in [0.5, 0.6) is 0 Å². The molecule has 0 saturated heterocycles. The number of hydrogen-bond acceptors (Lipinski definition) is 4. The van der Waals surface area contributed by atoms with Gasteiger partial charge in [0.2, 0.25) is 0 Å². The number of cyclic esters (lactones) is 1. The Morgan fingerprint density at radius 3 is 1.77 bits per heavy atom. The zero-order chi connectivity index (χ0) is 20.8. The topological polar surface area (TPSA) is 32.8 Å². The Morgan fingerprint density at radius 2 is 1.16 bits per heavy atom. The van der Waals surface area contributed by atoms with Gasteiger partial charge in [-0.3, -0.25) is 0 Å². The van der Waals surface area contributed by atoms with Crippen LogP contribution in [0.4, 0.5) is 34.1 Å². The molecule has 0 N–H and O–H groups in total. The van der Waals surface area contributed by atoms with E-state index in [1.165, 1.54) is 0 Å². The van der Waals surface area contributed by atoms with Crippen LogP contribution in [0.3, 0.4) is 0 Å². The lowest BCUT2D eigenvalue weighted by Gasteiger charge is -2.40. The summed E-state index contributed by atoms with van der Waals surface area (Å²) in [6.45, 7) is 0.435. The molecule has 0 spiro atoms. The summed E-state index contributed by atoms with van der Waals surface area (Å²) in [6.07, 6.45) is 0.738. The number of anilines is 6. The van der Waals surface area contributed by atoms with Gasteiger partial charge in [-0.05, 0) is 60.2 Å². The minimum absolute atomic E-state index is 0.234. The van der Waals surface area contributed by atoms with Crippen molar-refractivity contribution in [2.24, 2.45) is 0 Å². The second-order valence-corrected chi connectivity index (χ2v) is 7.71. The Kier molecular flexibility index (Phi) is 4.03. The molecular weight excluding hydrogens is 384 g/mol. The van der Waals surface area contributed by atoms with Gasteiger partial charge in [0.1, 0.15) is 0 Å². The Balaban J connectivity index is 1.58. The average molecular weight is 404 g/mol. The third-order valence-electron chi connectivity index (χ3n) is 5.91. The number of esters is 1. The van der Waals surface area contributed by atoms with E-state index in [1.807, 2.05) is 18.2 Å². The van der Waals surface area contributed by atoms with E-state index in [2.05, 4.69) is 88.7 Å². The van der Waals surface area contributed by atoms with Crippen molar-refractivity contribution in [3.05, 3.63) is 108 Å². The summed E-state index contributed by atoms with van der Waals surface area (Å²) in [6, 6.07) is 33.3. The molecule has 4 aromatic rings. The number of carbonyl (C=O) groups is 1. The largest absolute Gasteiger partial charge is 0.462 e. The van der Waals surface area contributed by atoms with Crippen molar-refractivity contribution in [3.63, 3.8) is 0 Å². The summed E-state index contributed by atoms with van der Waals surface area (Å²) in [4.78, 5) is 16.7. The first kappa shape index (κ1) is 17.8. The zero-order valence-electron chi connectivity index (χ0n) is 16.9. The molecule has 0 fully saturated rings. The molecule has 2 aliphatic rings. The van der Waals surface area contributed by atoms with E-state index in [0.717, 1.165) is 46.1 Å². The Hall–Kier alpha value is -4.05. The van der Waals surface area contributed by atoms with E-state index in [0.29, 0.717) is 12.2 Å². The maximum Gasteiger partial charge on any atom is 0.338 e. The lowest BCUT2D eigenvalue weighted by Crippen LogP contribution is -2.24. The predicted octanol–water partition coefficient (Wildman–Crippen LogP) is 6.65. The first-order chi connectivity index (χ1) is 15.3. The third-order valence-corrected chi connectivity index (χ3v) is 5.91. The fourth-order valence-corrected chi connectivity index (χ4v) is 4.53. The van der Waals surface area contributed by atoms with Crippen LogP contribution in [-0.2, 0) is 11.2 Å². The summed E-state index contributed by atoms with van der Waals surface area (Å²) in [7, 11) is 0. The van der Waals surface area contributed by atoms with E-state index >= 15 is 0 Å². The van der Waals surface area contributed by atoms with Crippen LogP contribution in [-0.4, -0.2) is 12.6 Å². The molecule has 4 aromatic carbocycles. The molecule has 6 rings (SSSR count). The van der Waals surface area contributed by atoms with E-state index in [9.17, 15) is 4.79 Å². The number of nitrogens with zero attached hydrogens (tertiary/aromatic N) is 2. The average Bonchev–Trinajstić information content (AvgIpc) is 2.83. The number of hydrogen-bond donors (Lipinski definition) is 0. The number of fused-ring (bicyclic) bond motifs is 3. The zero-order valence-corrected chi connectivity index (χ0v) is 16.9. The van der Waals surface area contributed by atoms with Crippen molar-refractivity contribution in [2.75, 3.05) is 16.4 Å². The van der Waals surface area contributed by atoms with Crippen molar-refractivity contribution < 1.29 is 9.53 Å². The molecule has 0 atom stereocenters. The molecule has 0 bridgehead atoms. The van der Waals surface area contributed by atoms with Crippen LogP contribution in [0.1, 0.15) is 15.9 Å². The second-order valence-electron chi connectivity index (χ2n) is 7.71. The molecule has 0 radical (unpaired) electrons. The molecular formula is C27H20N2O2. The van der Waals surface area contributed by atoms with E-state index in [1.54, 1.807) is 0 Å². The summed E-state index contributed by atoms with van der Waals surface area (Å²) in [5.41, 5.74) is 8.30. The van der Waals surface area contributed by atoms with Gasteiger partial charge in [-0.15, -0.1) is 0 Å². The molecule has 0 amide bonds. The fraction of sp³-hybridized carbons (Fsp3) is 0.0741. The minimum Gasteiger partial charge on any atom is -0.462 e. The van der Waals surface area contributed by atoms with Crippen molar-refractivity contribution in [3.8, 4) is 0 Å². The number of para-hydroxylation sites is 5. The highest BCUT2D eigenvalue weighted by atomic mass is 16.5. The standard InChI is InChI=1S/C27H20N2O2/c30-27-22-15-14-21(18-19(22)16-17-31-27)29-25-12-6-4-10-23(25)28(20-8-2-1-3-9-20)24-11-5-7-13-26(24)29/h1-15,18H,16-17H2. The van der Waals surface area contributed by atoms with Crippen LogP contribution >= 0.6 is 0 Å². The molecule has 2 aliphatic heterocycles. The van der Waals surface area contributed by atoms with Gasteiger partial charge >= 0.3 is 5.97 Å². The maximum absolute atomic E-state index is 12.1. The Morgan fingerprint density at radius 1 is 0.613 bits per heavy atom. The fourth-order valence-electron chi connectivity index (χ4n) is 4.53. The lowest BCUT2D eigenvalue weighted by atomic mass is 9.99. The van der Waals surface area contributed by atoms with Crippen molar-refractivity contribution >= 4 is 40.1 Å². The quantitative estimate of drug-likeness (QED) is 0.308. The Labute approximate surface area is 180 Å². The van der Waals surface area contributed by atoms with Crippen molar-refractivity contribution in [1.29, 1.82) is 0 Å². The van der Waals surface area contributed by atoms with Gasteiger partial charge in [0.05, 0.1) is 34.9 Å². The molecule has 0 aromatic heterocycles. The van der Waals surface area contributed by atoms with E-state index in [-0.39, 0.29) is 5.97 Å². The number of carbonyl (C=O) groups excluding carboxylic acids is 1. The molecule has 4 heteroatoms. The molecule has 31 heavy (non-hydrogen) atoms. The molecule has 0 aliphatic carbocycles. The maximum atomic E-state index is 12.1. The van der Waals surface area contributed by atoms with Gasteiger partial charge in [-0.1, -0.05) is 42.5 Å². The Bertz CT molecular complexity index is 1250. The molecule has 4 nitrogen and oxygen atoms in total. The third kappa shape index (κ3) is 2.80. The molecule has 0 unspecified atom stereocenters. The van der Waals surface area contributed by atoms with Crippen LogP contribution in [0.2, 0.25) is 0 Å². The molecule has 2 heterocycles. The highest BCUT2D eigenvalue weighted by Crippen LogP contribution is 2.53. The van der Waals surface area contributed by atoms with E-state index < -0.39 is 0 Å². The minimum atomic E-state index is -0.234.